The third kappa shape index (κ3) is 3.25. The fourth-order valence-electron chi connectivity index (χ4n) is 1.37. The average molecular weight is 238 g/mol. The van der Waals surface area contributed by atoms with Gasteiger partial charge in [-0.05, 0) is 18.6 Å². The van der Waals surface area contributed by atoms with Crippen molar-refractivity contribution >= 4 is 11.6 Å². The number of anilines is 1. The van der Waals surface area contributed by atoms with Crippen LogP contribution in [0.25, 0.3) is 0 Å². The van der Waals surface area contributed by atoms with E-state index in [0.29, 0.717) is 12.8 Å². The average Bonchev–Trinajstić information content (AvgIpc) is 2.30. The predicted molar refractivity (Wildman–Crippen MR) is 59.0 cm³/mol. The van der Waals surface area contributed by atoms with Gasteiger partial charge in [-0.3, -0.25) is 4.79 Å². The zero-order chi connectivity index (χ0) is 12.8. The largest absolute Gasteiger partial charge is 0.320 e. The van der Waals surface area contributed by atoms with E-state index in [2.05, 4.69) is 5.32 Å². The number of hydrogen-bond acceptors (Lipinski definition) is 2. The van der Waals surface area contributed by atoms with Gasteiger partial charge in [0.05, 0.1) is 6.07 Å². The minimum atomic E-state index is -0.890. The second-order valence-electron chi connectivity index (χ2n) is 3.56. The summed E-state index contributed by atoms with van der Waals surface area (Å²) in [7, 11) is 0. The van der Waals surface area contributed by atoms with Crippen LogP contribution >= 0.6 is 0 Å². The number of carbonyl (C=O) groups excluding carboxylic acids is 1. The van der Waals surface area contributed by atoms with Crippen LogP contribution in [0.15, 0.2) is 18.2 Å². The summed E-state index contributed by atoms with van der Waals surface area (Å²) < 4.78 is 26.5. The van der Waals surface area contributed by atoms with E-state index in [9.17, 15) is 13.6 Å². The van der Waals surface area contributed by atoms with E-state index in [1.165, 1.54) is 6.07 Å². The molecule has 1 aromatic rings. The molecule has 0 fully saturated rings. The first-order valence-corrected chi connectivity index (χ1v) is 5.24. The lowest BCUT2D eigenvalue weighted by atomic mass is 10.0. The van der Waals surface area contributed by atoms with E-state index in [0.717, 1.165) is 12.1 Å². The van der Waals surface area contributed by atoms with Crippen molar-refractivity contribution in [1.29, 1.82) is 5.26 Å². The summed E-state index contributed by atoms with van der Waals surface area (Å²) in [6.45, 7) is 1.82. The topological polar surface area (TPSA) is 52.9 Å². The van der Waals surface area contributed by atoms with Gasteiger partial charge in [-0.25, -0.2) is 8.78 Å². The van der Waals surface area contributed by atoms with Gasteiger partial charge in [0.25, 0.3) is 0 Å². The van der Waals surface area contributed by atoms with E-state index >= 15 is 0 Å². The molecule has 1 rings (SSSR count). The molecule has 0 aliphatic rings. The van der Waals surface area contributed by atoms with Crippen LogP contribution in [-0.4, -0.2) is 5.91 Å². The van der Waals surface area contributed by atoms with Crippen LogP contribution in [0.5, 0.6) is 0 Å². The summed E-state index contributed by atoms with van der Waals surface area (Å²) in [6.07, 6.45) is 1.00. The maximum atomic E-state index is 13.2. The number of halogens is 2. The number of rotatable bonds is 4. The van der Waals surface area contributed by atoms with Crippen LogP contribution < -0.4 is 5.32 Å². The molecule has 0 bridgehead atoms. The Morgan fingerprint density at radius 2 is 2.06 bits per heavy atom. The van der Waals surface area contributed by atoms with E-state index in [1.807, 2.05) is 6.92 Å². The third-order valence-electron chi connectivity index (χ3n) is 2.26. The molecule has 90 valence electrons. The molecule has 1 amide bonds. The molecule has 1 N–H and O–H groups in total. The van der Waals surface area contributed by atoms with Gasteiger partial charge >= 0.3 is 0 Å². The molecule has 0 saturated heterocycles. The first-order chi connectivity index (χ1) is 8.10. The van der Waals surface area contributed by atoms with E-state index in [4.69, 9.17) is 5.26 Å². The molecule has 0 spiro atoms. The van der Waals surface area contributed by atoms with Gasteiger partial charge in [-0.2, -0.15) is 5.26 Å². The monoisotopic (exact) mass is 238 g/mol. The second-order valence-corrected chi connectivity index (χ2v) is 3.56. The van der Waals surface area contributed by atoms with E-state index in [1.54, 1.807) is 6.07 Å². The molecule has 0 radical (unpaired) electrons. The lowest BCUT2D eigenvalue weighted by Gasteiger charge is -2.10. The Morgan fingerprint density at radius 1 is 1.47 bits per heavy atom. The van der Waals surface area contributed by atoms with Gasteiger partial charge in [-0.1, -0.05) is 19.4 Å². The molecule has 0 aliphatic heterocycles. The molecule has 0 aliphatic carbocycles. The van der Waals surface area contributed by atoms with Gasteiger partial charge in [0, 0.05) is 0 Å². The highest BCUT2D eigenvalue weighted by atomic mass is 19.1. The van der Waals surface area contributed by atoms with Crippen LogP contribution in [0.4, 0.5) is 14.5 Å². The van der Waals surface area contributed by atoms with Crippen LogP contribution in [0.2, 0.25) is 0 Å². The number of nitrogens with zero attached hydrogens (tertiary/aromatic N) is 1. The number of para-hydroxylation sites is 1. The first kappa shape index (κ1) is 13.1. The van der Waals surface area contributed by atoms with Crippen molar-refractivity contribution < 1.29 is 13.6 Å². The normalized spacial score (nSPS) is 11.6. The lowest BCUT2D eigenvalue weighted by molar-refractivity contribution is -0.118. The Hall–Kier alpha value is -1.96. The molecular formula is C12H12F2N2O. The van der Waals surface area contributed by atoms with Crippen LogP contribution in [-0.2, 0) is 4.79 Å². The fraction of sp³-hybridized carbons (Fsp3) is 0.333. The highest BCUT2D eigenvalue weighted by Crippen LogP contribution is 2.19. The minimum Gasteiger partial charge on any atom is -0.320 e. The molecule has 1 atom stereocenters. The zero-order valence-electron chi connectivity index (χ0n) is 9.34. The Morgan fingerprint density at radius 3 is 2.53 bits per heavy atom. The van der Waals surface area contributed by atoms with E-state index < -0.39 is 29.1 Å². The Labute approximate surface area is 98.1 Å². The Bertz CT molecular complexity index is 434. The van der Waals surface area contributed by atoms with Crippen molar-refractivity contribution in [2.24, 2.45) is 5.92 Å². The molecule has 0 aromatic heterocycles. The van der Waals surface area contributed by atoms with Crippen molar-refractivity contribution in [2.45, 2.75) is 19.8 Å². The van der Waals surface area contributed by atoms with Gasteiger partial charge in [0.2, 0.25) is 5.91 Å². The van der Waals surface area contributed by atoms with Crippen molar-refractivity contribution in [2.75, 3.05) is 5.32 Å². The van der Waals surface area contributed by atoms with Crippen LogP contribution in [0.1, 0.15) is 19.8 Å². The lowest BCUT2D eigenvalue weighted by Crippen LogP contribution is -2.22. The molecule has 1 aromatic carbocycles. The van der Waals surface area contributed by atoms with Crippen molar-refractivity contribution in [3.05, 3.63) is 29.8 Å². The minimum absolute atomic E-state index is 0.360. The van der Waals surface area contributed by atoms with Crippen LogP contribution in [0.3, 0.4) is 0 Å². The first-order valence-electron chi connectivity index (χ1n) is 5.24. The Balaban J connectivity index is 2.84. The summed E-state index contributed by atoms with van der Waals surface area (Å²) in [4.78, 5) is 11.6. The molecule has 17 heavy (non-hydrogen) atoms. The number of nitriles is 1. The number of benzene rings is 1. The van der Waals surface area contributed by atoms with Crippen molar-refractivity contribution in [3.63, 3.8) is 0 Å². The zero-order valence-corrected chi connectivity index (χ0v) is 9.34. The Kier molecular flexibility index (Phi) is 4.58. The standard InChI is InChI=1S/C12H12F2N2O/c1-2-4-8(7-15)12(17)16-11-9(13)5-3-6-10(11)14/h3,5-6,8H,2,4H2,1H3,(H,16,17). The molecule has 5 heteroatoms. The quantitative estimate of drug-likeness (QED) is 0.876. The SMILES string of the molecule is CCCC(C#N)C(=O)Nc1c(F)cccc1F. The van der Waals surface area contributed by atoms with Crippen LogP contribution in [0, 0.1) is 28.9 Å². The molecule has 1 unspecified atom stereocenters. The molecular weight excluding hydrogens is 226 g/mol. The highest BCUT2D eigenvalue weighted by Gasteiger charge is 2.19. The van der Waals surface area contributed by atoms with Gasteiger partial charge in [0.15, 0.2) is 0 Å². The summed E-state index contributed by atoms with van der Waals surface area (Å²) in [5.74, 6) is -3.28. The van der Waals surface area contributed by atoms with Gasteiger partial charge in [0.1, 0.15) is 23.2 Å². The number of hydrogen-bond donors (Lipinski definition) is 1. The highest BCUT2D eigenvalue weighted by molar-refractivity contribution is 5.94. The number of carbonyl (C=O) groups is 1. The maximum absolute atomic E-state index is 13.2. The van der Waals surface area contributed by atoms with E-state index in [-0.39, 0.29) is 0 Å². The van der Waals surface area contributed by atoms with Gasteiger partial charge in [-0.15, -0.1) is 0 Å². The summed E-state index contributed by atoms with van der Waals surface area (Å²) in [5, 5.41) is 10.8. The summed E-state index contributed by atoms with van der Waals surface area (Å²) in [6, 6.07) is 5.09. The summed E-state index contributed by atoms with van der Waals surface area (Å²) in [5.41, 5.74) is -0.506. The number of amides is 1. The van der Waals surface area contributed by atoms with Gasteiger partial charge < -0.3 is 5.32 Å². The fourth-order valence-corrected chi connectivity index (χ4v) is 1.37. The predicted octanol–water partition coefficient (Wildman–Crippen LogP) is 2.84. The smallest absolute Gasteiger partial charge is 0.241 e. The maximum Gasteiger partial charge on any atom is 0.241 e. The van der Waals surface area contributed by atoms with Crippen molar-refractivity contribution in [3.8, 4) is 6.07 Å². The second kappa shape index (κ2) is 5.94. The number of nitrogens with one attached hydrogen (secondary N) is 1. The molecule has 3 nitrogen and oxygen atoms in total. The molecule has 0 saturated carbocycles. The molecule has 0 heterocycles. The third-order valence-corrected chi connectivity index (χ3v) is 2.26. The van der Waals surface area contributed by atoms with Crippen molar-refractivity contribution in [1.82, 2.24) is 0 Å². The summed E-state index contributed by atoms with van der Waals surface area (Å²) >= 11 is 0.